The molecule has 6 nitrogen and oxygen atoms in total. The van der Waals surface area contributed by atoms with Gasteiger partial charge in [-0.2, -0.15) is 13.7 Å². The van der Waals surface area contributed by atoms with Crippen molar-refractivity contribution in [2.45, 2.75) is 25.7 Å². The second kappa shape index (κ2) is 9.90. The third-order valence-corrected chi connectivity index (χ3v) is 6.39. The fraction of sp³-hybridized carbons (Fsp3) is 0.120. The molecule has 3 aromatic rings. The fourth-order valence-corrected chi connectivity index (χ4v) is 4.04. The SMILES string of the molecule is Cc1ccc(S(=O)(=O)Oc2ccc(Cl)cc2/C=C(\C#N)C(=O)Nc2ccc(C)c(C)c2)cc1. The number of benzene rings is 3. The second-order valence-electron chi connectivity index (χ2n) is 7.46. The average molecular weight is 481 g/mol. The van der Waals surface area contributed by atoms with Crippen LogP contribution in [-0.2, 0) is 14.9 Å². The van der Waals surface area contributed by atoms with Crippen molar-refractivity contribution in [2.24, 2.45) is 0 Å². The van der Waals surface area contributed by atoms with Crippen LogP contribution in [0.25, 0.3) is 6.08 Å². The first-order chi connectivity index (χ1) is 15.6. The van der Waals surface area contributed by atoms with Crippen molar-refractivity contribution >= 4 is 39.4 Å². The predicted octanol–water partition coefficient (Wildman–Crippen LogP) is 5.58. The molecule has 0 saturated heterocycles. The van der Waals surface area contributed by atoms with E-state index < -0.39 is 16.0 Å². The monoisotopic (exact) mass is 480 g/mol. The van der Waals surface area contributed by atoms with Crippen molar-refractivity contribution in [1.29, 1.82) is 5.26 Å². The zero-order valence-corrected chi connectivity index (χ0v) is 19.8. The number of hydrogen-bond acceptors (Lipinski definition) is 5. The van der Waals surface area contributed by atoms with E-state index in [1.165, 1.54) is 36.4 Å². The summed E-state index contributed by atoms with van der Waals surface area (Å²) >= 11 is 6.07. The molecule has 168 valence electrons. The lowest BCUT2D eigenvalue weighted by atomic mass is 10.1. The summed E-state index contributed by atoms with van der Waals surface area (Å²) in [5, 5.41) is 12.5. The Morgan fingerprint density at radius 1 is 1.00 bits per heavy atom. The number of amides is 1. The van der Waals surface area contributed by atoms with E-state index in [0.29, 0.717) is 5.69 Å². The van der Waals surface area contributed by atoms with Crippen LogP contribution in [0.15, 0.2) is 71.1 Å². The summed E-state index contributed by atoms with van der Waals surface area (Å²) in [5.41, 5.74) is 3.42. The molecule has 1 amide bonds. The minimum Gasteiger partial charge on any atom is -0.378 e. The molecule has 0 bridgehead atoms. The summed E-state index contributed by atoms with van der Waals surface area (Å²) in [7, 11) is -4.14. The summed E-state index contributed by atoms with van der Waals surface area (Å²) in [6.07, 6.45) is 1.24. The van der Waals surface area contributed by atoms with Crippen LogP contribution < -0.4 is 9.50 Å². The number of carbonyl (C=O) groups is 1. The van der Waals surface area contributed by atoms with Crippen molar-refractivity contribution in [3.63, 3.8) is 0 Å². The third kappa shape index (κ3) is 6.01. The first-order valence-corrected chi connectivity index (χ1v) is 11.7. The largest absolute Gasteiger partial charge is 0.378 e. The number of aryl methyl sites for hydroxylation is 3. The van der Waals surface area contributed by atoms with Crippen LogP contribution in [-0.4, -0.2) is 14.3 Å². The van der Waals surface area contributed by atoms with Crippen molar-refractivity contribution in [3.8, 4) is 11.8 Å². The predicted molar refractivity (Wildman–Crippen MR) is 129 cm³/mol. The normalized spacial score (nSPS) is 11.5. The number of nitriles is 1. The van der Waals surface area contributed by atoms with Gasteiger partial charge < -0.3 is 9.50 Å². The van der Waals surface area contributed by atoms with E-state index in [9.17, 15) is 18.5 Å². The van der Waals surface area contributed by atoms with E-state index in [-0.39, 0.29) is 26.8 Å². The van der Waals surface area contributed by atoms with Crippen molar-refractivity contribution in [3.05, 3.63) is 93.5 Å². The molecule has 0 radical (unpaired) electrons. The average Bonchev–Trinajstić information content (AvgIpc) is 2.76. The Bertz CT molecular complexity index is 1390. The number of nitrogens with zero attached hydrogens (tertiary/aromatic N) is 1. The van der Waals surface area contributed by atoms with Gasteiger partial charge >= 0.3 is 10.1 Å². The molecule has 0 saturated carbocycles. The van der Waals surface area contributed by atoms with Crippen molar-refractivity contribution in [1.82, 2.24) is 0 Å². The number of rotatable bonds is 6. The topological polar surface area (TPSA) is 96.3 Å². The number of anilines is 1. The molecule has 33 heavy (non-hydrogen) atoms. The molecule has 1 N–H and O–H groups in total. The van der Waals surface area contributed by atoms with Crippen LogP contribution in [0.3, 0.4) is 0 Å². The maximum atomic E-state index is 12.7. The van der Waals surface area contributed by atoms with E-state index in [4.69, 9.17) is 15.8 Å². The van der Waals surface area contributed by atoms with Gasteiger partial charge in [0, 0.05) is 16.3 Å². The Kier molecular flexibility index (Phi) is 7.22. The molecule has 3 aromatic carbocycles. The van der Waals surface area contributed by atoms with Gasteiger partial charge in [0.15, 0.2) is 0 Å². The van der Waals surface area contributed by atoms with E-state index in [1.54, 1.807) is 24.3 Å². The Morgan fingerprint density at radius 2 is 1.70 bits per heavy atom. The molecule has 0 unspecified atom stereocenters. The Morgan fingerprint density at radius 3 is 2.33 bits per heavy atom. The second-order valence-corrected chi connectivity index (χ2v) is 9.44. The van der Waals surface area contributed by atoms with Gasteiger partial charge in [0.2, 0.25) is 0 Å². The zero-order valence-electron chi connectivity index (χ0n) is 18.2. The Hall–Kier alpha value is -3.60. The van der Waals surface area contributed by atoms with Crippen LogP contribution in [0.4, 0.5) is 5.69 Å². The Balaban J connectivity index is 1.93. The van der Waals surface area contributed by atoms with Crippen LogP contribution in [0.5, 0.6) is 5.75 Å². The molecular weight excluding hydrogens is 460 g/mol. The van der Waals surface area contributed by atoms with Gasteiger partial charge in [0.05, 0.1) is 0 Å². The molecule has 0 aliphatic heterocycles. The third-order valence-electron chi connectivity index (χ3n) is 4.91. The molecule has 3 rings (SSSR count). The smallest absolute Gasteiger partial charge is 0.339 e. The van der Waals surface area contributed by atoms with Gasteiger partial charge in [-0.1, -0.05) is 35.4 Å². The number of carbonyl (C=O) groups excluding carboxylic acids is 1. The molecule has 0 fully saturated rings. The maximum Gasteiger partial charge on any atom is 0.339 e. The van der Waals surface area contributed by atoms with Gasteiger partial charge in [0.1, 0.15) is 22.3 Å². The lowest BCUT2D eigenvalue weighted by Crippen LogP contribution is -2.14. The quantitative estimate of drug-likeness (QED) is 0.282. The van der Waals surface area contributed by atoms with Crippen LogP contribution in [0.1, 0.15) is 22.3 Å². The highest BCUT2D eigenvalue weighted by atomic mass is 35.5. The Labute approximate surface area is 198 Å². The number of hydrogen-bond donors (Lipinski definition) is 1. The van der Waals surface area contributed by atoms with Gasteiger partial charge in [-0.15, -0.1) is 0 Å². The molecular formula is C25H21ClN2O4S. The highest BCUT2D eigenvalue weighted by Crippen LogP contribution is 2.28. The highest BCUT2D eigenvalue weighted by molar-refractivity contribution is 7.87. The van der Waals surface area contributed by atoms with E-state index in [2.05, 4.69) is 5.32 Å². The van der Waals surface area contributed by atoms with Crippen LogP contribution in [0, 0.1) is 32.1 Å². The fourth-order valence-electron chi connectivity index (χ4n) is 2.90. The first-order valence-electron chi connectivity index (χ1n) is 9.90. The summed E-state index contributed by atoms with van der Waals surface area (Å²) < 4.78 is 30.8. The molecule has 0 atom stereocenters. The maximum absolute atomic E-state index is 12.7. The molecule has 0 aliphatic rings. The molecule has 0 aromatic heterocycles. The molecule has 0 heterocycles. The van der Waals surface area contributed by atoms with Gasteiger partial charge in [-0.25, -0.2) is 0 Å². The minimum atomic E-state index is -4.14. The summed E-state index contributed by atoms with van der Waals surface area (Å²) in [4.78, 5) is 12.7. The van der Waals surface area contributed by atoms with E-state index in [1.807, 2.05) is 32.9 Å². The lowest BCUT2D eigenvalue weighted by molar-refractivity contribution is -0.112. The number of nitrogens with one attached hydrogen (secondary N) is 1. The summed E-state index contributed by atoms with van der Waals surface area (Å²) in [6.45, 7) is 5.70. The van der Waals surface area contributed by atoms with E-state index in [0.717, 1.165) is 16.7 Å². The van der Waals surface area contributed by atoms with E-state index >= 15 is 0 Å². The first kappa shape index (κ1) is 24.1. The highest BCUT2D eigenvalue weighted by Gasteiger charge is 2.19. The van der Waals surface area contributed by atoms with Gasteiger partial charge in [-0.05, 0) is 80.4 Å². The zero-order chi connectivity index (χ0) is 24.2. The van der Waals surface area contributed by atoms with Gasteiger partial charge in [0.25, 0.3) is 5.91 Å². The number of halogens is 1. The van der Waals surface area contributed by atoms with Crippen molar-refractivity contribution < 1.29 is 17.4 Å². The molecule has 8 heteroatoms. The lowest BCUT2D eigenvalue weighted by Gasteiger charge is -2.11. The van der Waals surface area contributed by atoms with Crippen molar-refractivity contribution in [2.75, 3.05) is 5.32 Å². The summed E-state index contributed by atoms with van der Waals surface area (Å²) in [5.74, 6) is -0.709. The van der Waals surface area contributed by atoms with Crippen LogP contribution in [0.2, 0.25) is 5.02 Å². The van der Waals surface area contributed by atoms with Crippen LogP contribution >= 0.6 is 11.6 Å². The minimum absolute atomic E-state index is 0.0222. The summed E-state index contributed by atoms with van der Waals surface area (Å²) in [6, 6.07) is 17.7. The molecule has 0 spiro atoms. The standard InChI is InChI=1S/C25H21ClN2O4S/c1-16-4-9-23(10-5-16)33(30,31)32-24-11-7-21(26)14-19(24)13-20(15-27)25(29)28-22-8-6-17(2)18(3)12-22/h4-14H,1-3H3,(H,28,29)/b20-13+. The van der Waals surface area contributed by atoms with Gasteiger partial charge in [-0.3, -0.25) is 4.79 Å². The molecule has 0 aliphatic carbocycles.